The SMILES string of the molecule is Cc1nc([C@H]2C[C@H](CNc3nccc4occc34)[C@H](O)C2)n[nH]1. The first kappa shape index (κ1) is 14.2. The molecule has 7 nitrogen and oxygen atoms in total. The number of nitrogens with zero attached hydrogens (tertiary/aromatic N) is 3. The van der Waals surface area contributed by atoms with E-state index in [1.807, 2.05) is 19.1 Å². The summed E-state index contributed by atoms with van der Waals surface area (Å²) in [7, 11) is 0. The number of anilines is 1. The van der Waals surface area contributed by atoms with Crippen LogP contribution in [0.1, 0.15) is 30.4 Å². The minimum absolute atomic E-state index is 0.155. The third-order valence-electron chi connectivity index (χ3n) is 4.55. The van der Waals surface area contributed by atoms with Crippen LogP contribution in [0.25, 0.3) is 11.0 Å². The summed E-state index contributed by atoms with van der Waals surface area (Å²) in [5.74, 6) is 2.77. The van der Waals surface area contributed by atoms with E-state index in [9.17, 15) is 5.11 Å². The lowest BCUT2D eigenvalue weighted by Crippen LogP contribution is -2.22. The molecule has 7 heteroatoms. The first-order valence-electron chi connectivity index (χ1n) is 7.84. The third kappa shape index (κ3) is 2.68. The zero-order chi connectivity index (χ0) is 15.8. The van der Waals surface area contributed by atoms with Crippen molar-refractivity contribution in [3.8, 4) is 0 Å². The normalized spacial score (nSPS) is 24.3. The van der Waals surface area contributed by atoms with Crippen LogP contribution in [0.5, 0.6) is 0 Å². The molecule has 1 aliphatic rings. The Bertz CT molecular complexity index is 812. The number of hydrogen-bond donors (Lipinski definition) is 3. The third-order valence-corrected chi connectivity index (χ3v) is 4.55. The smallest absolute Gasteiger partial charge is 0.153 e. The van der Waals surface area contributed by atoms with Crippen molar-refractivity contribution in [3.05, 3.63) is 36.2 Å². The minimum Gasteiger partial charge on any atom is -0.464 e. The fraction of sp³-hybridized carbons (Fsp3) is 0.438. The van der Waals surface area contributed by atoms with Crippen molar-refractivity contribution in [1.29, 1.82) is 0 Å². The van der Waals surface area contributed by atoms with Gasteiger partial charge in [0.25, 0.3) is 0 Å². The Morgan fingerprint density at radius 2 is 2.30 bits per heavy atom. The van der Waals surface area contributed by atoms with E-state index in [0.717, 1.165) is 34.9 Å². The van der Waals surface area contributed by atoms with Crippen LogP contribution in [0.4, 0.5) is 5.82 Å². The molecule has 0 aromatic carbocycles. The van der Waals surface area contributed by atoms with Crippen LogP contribution in [-0.2, 0) is 0 Å². The number of fused-ring (bicyclic) bond motifs is 1. The van der Waals surface area contributed by atoms with E-state index < -0.39 is 0 Å². The van der Waals surface area contributed by atoms with E-state index in [1.54, 1.807) is 12.5 Å². The molecule has 1 saturated carbocycles. The van der Waals surface area contributed by atoms with Gasteiger partial charge in [-0.25, -0.2) is 9.97 Å². The van der Waals surface area contributed by atoms with Crippen LogP contribution in [0.15, 0.2) is 29.0 Å². The van der Waals surface area contributed by atoms with Crippen LogP contribution in [-0.4, -0.2) is 37.9 Å². The van der Waals surface area contributed by atoms with E-state index >= 15 is 0 Å². The van der Waals surface area contributed by atoms with Gasteiger partial charge >= 0.3 is 0 Å². The molecule has 0 aliphatic heterocycles. The number of hydrogen-bond acceptors (Lipinski definition) is 6. The Hall–Kier alpha value is -2.41. The van der Waals surface area contributed by atoms with Crippen LogP contribution in [0, 0.1) is 12.8 Å². The molecule has 3 heterocycles. The molecule has 4 rings (SSSR count). The van der Waals surface area contributed by atoms with E-state index in [4.69, 9.17) is 4.42 Å². The largest absolute Gasteiger partial charge is 0.464 e. The summed E-state index contributed by atoms with van der Waals surface area (Å²) >= 11 is 0. The molecule has 1 aliphatic carbocycles. The molecule has 0 unspecified atom stereocenters. The first-order valence-corrected chi connectivity index (χ1v) is 7.84. The lowest BCUT2D eigenvalue weighted by Gasteiger charge is -2.15. The number of aliphatic hydroxyl groups excluding tert-OH is 1. The predicted molar refractivity (Wildman–Crippen MR) is 85.1 cm³/mol. The van der Waals surface area contributed by atoms with E-state index in [1.165, 1.54) is 0 Å². The fourth-order valence-electron chi connectivity index (χ4n) is 3.34. The van der Waals surface area contributed by atoms with Crippen LogP contribution >= 0.6 is 0 Å². The van der Waals surface area contributed by atoms with E-state index in [-0.39, 0.29) is 17.9 Å². The van der Waals surface area contributed by atoms with Crippen molar-refractivity contribution in [3.63, 3.8) is 0 Å². The summed E-state index contributed by atoms with van der Waals surface area (Å²) < 4.78 is 5.38. The summed E-state index contributed by atoms with van der Waals surface area (Å²) in [5, 5.41) is 21.7. The average Bonchev–Trinajstić information content (AvgIpc) is 3.25. The molecule has 0 radical (unpaired) electrons. The maximum Gasteiger partial charge on any atom is 0.153 e. The molecule has 3 aromatic rings. The van der Waals surface area contributed by atoms with Crippen molar-refractivity contribution in [1.82, 2.24) is 20.2 Å². The standard InChI is InChI=1S/C16H19N5O2/c1-9-19-15(21-20-9)10-6-11(13(22)7-10)8-18-16-12-3-5-23-14(12)2-4-17-16/h2-5,10-11,13,22H,6-8H2,1H3,(H,17,18)(H,19,20,21)/t10-,11+,13+/m0/s1. The van der Waals surface area contributed by atoms with Gasteiger partial charge in [-0.2, -0.15) is 5.10 Å². The van der Waals surface area contributed by atoms with Gasteiger partial charge in [0.05, 0.1) is 17.8 Å². The number of rotatable bonds is 4. The molecular formula is C16H19N5O2. The Kier molecular flexibility index (Phi) is 3.49. The molecule has 120 valence electrons. The number of H-pyrrole nitrogens is 1. The topological polar surface area (TPSA) is 99.9 Å². The summed E-state index contributed by atoms with van der Waals surface area (Å²) in [6, 6.07) is 3.74. The lowest BCUT2D eigenvalue weighted by atomic mass is 10.0. The highest BCUT2D eigenvalue weighted by atomic mass is 16.3. The van der Waals surface area contributed by atoms with Gasteiger partial charge in [0.15, 0.2) is 5.82 Å². The number of aliphatic hydroxyl groups is 1. The summed E-state index contributed by atoms with van der Waals surface area (Å²) in [6.07, 6.45) is 4.59. The number of aromatic nitrogens is 4. The number of pyridine rings is 1. The Morgan fingerprint density at radius 1 is 1.39 bits per heavy atom. The molecule has 1 fully saturated rings. The Morgan fingerprint density at radius 3 is 3.13 bits per heavy atom. The van der Waals surface area contributed by atoms with Gasteiger partial charge in [-0.05, 0) is 31.9 Å². The molecule has 0 saturated heterocycles. The van der Waals surface area contributed by atoms with Crippen molar-refractivity contribution in [2.75, 3.05) is 11.9 Å². The molecular weight excluding hydrogens is 294 g/mol. The quantitative estimate of drug-likeness (QED) is 0.683. The first-order chi connectivity index (χ1) is 11.2. The fourth-order valence-corrected chi connectivity index (χ4v) is 3.34. The maximum absolute atomic E-state index is 10.3. The second-order valence-electron chi connectivity index (χ2n) is 6.15. The number of furan rings is 1. The highest BCUT2D eigenvalue weighted by Crippen LogP contribution is 2.37. The van der Waals surface area contributed by atoms with Crippen LogP contribution in [0.3, 0.4) is 0 Å². The molecule has 0 bridgehead atoms. The zero-order valence-corrected chi connectivity index (χ0v) is 12.9. The van der Waals surface area contributed by atoms with Gasteiger partial charge in [0.2, 0.25) is 0 Å². The predicted octanol–water partition coefficient (Wildman–Crippen LogP) is 2.22. The monoisotopic (exact) mass is 313 g/mol. The summed E-state index contributed by atoms with van der Waals surface area (Å²) in [4.78, 5) is 8.75. The summed E-state index contributed by atoms with van der Waals surface area (Å²) in [6.45, 7) is 2.55. The van der Waals surface area contributed by atoms with Crippen molar-refractivity contribution in [2.45, 2.75) is 31.8 Å². The Labute approximate surface area is 133 Å². The van der Waals surface area contributed by atoms with Crippen LogP contribution in [0.2, 0.25) is 0 Å². The van der Waals surface area contributed by atoms with E-state index in [0.29, 0.717) is 13.0 Å². The molecule has 3 aromatic heterocycles. The highest BCUT2D eigenvalue weighted by molar-refractivity contribution is 5.87. The van der Waals surface area contributed by atoms with Gasteiger partial charge in [-0.1, -0.05) is 0 Å². The molecule has 0 spiro atoms. The highest BCUT2D eigenvalue weighted by Gasteiger charge is 2.35. The average molecular weight is 313 g/mol. The summed E-state index contributed by atoms with van der Waals surface area (Å²) in [5.41, 5.74) is 0.809. The van der Waals surface area contributed by atoms with Crippen molar-refractivity contribution < 1.29 is 9.52 Å². The van der Waals surface area contributed by atoms with Gasteiger partial charge in [0.1, 0.15) is 17.2 Å². The zero-order valence-electron chi connectivity index (χ0n) is 12.9. The van der Waals surface area contributed by atoms with E-state index in [2.05, 4.69) is 25.5 Å². The molecule has 3 atom stereocenters. The second kappa shape index (κ2) is 5.66. The number of aromatic amines is 1. The molecule has 23 heavy (non-hydrogen) atoms. The van der Waals surface area contributed by atoms with Gasteiger partial charge < -0.3 is 14.8 Å². The maximum atomic E-state index is 10.3. The molecule has 3 N–H and O–H groups in total. The van der Waals surface area contributed by atoms with Crippen molar-refractivity contribution in [2.24, 2.45) is 5.92 Å². The van der Waals surface area contributed by atoms with Gasteiger partial charge in [0, 0.05) is 24.6 Å². The Balaban J connectivity index is 1.44. The van der Waals surface area contributed by atoms with Gasteiger partial charge in [-0.15, -0.1) is 0 Å². The second-order valence-corrected chi connectivity index (χ2v) is 6.15. The van der Waals surface area contributed by atoms with Crippen LogP contribution < -0.4 is 5.32 Å². The lowest BCUT2D eigenvalue weighted by molar-refractivity contribution is 0.137. The minimum atomic E-state index is -0.352. The van der Waals surface area contributed by atoms with Crippen molar-refractivity contribution >= 4 is 16.8 Å². The number of nitrogens with one attached hydrogen (secondary N) is 2. The number of aryl methyl sites for hydroxylation is 1. The van der Waals surface area contributed by atoms with Gasteiger partial charge in [-0.3, -0.25) is 5.10 Å². The molecule has 0 amide bonds.